The van der Waals surface area contributed by atoms with Crippen molar-refractivity contribution < 1.29 is 18.6 Å². The highest BCUT2D eigenvalue weighted by Crippen LogP contribution is 2.33. The Bertz CT molecular complexity index is 954. The van der Waals surface area contributed by atoms with Crippen molar-refractivity contribution in [2.45, 2.75) is 6.61 Å². The summed E-state index contributed by atoms with van der Waals surface area (Å²) in [5, 5.41) is 12.3. The van der Waals surface area contributed by atoms with Crippen molar-refractivity contribution in [2.24, 2.45) is 0 Å². The van der Waals surface area contributed by atoms with E-state index in [0.717, 1.165) is 6.20 Å². The third-order valence-electron chi connectivity index (χ3n) is 3.60. The Kier molecular flexibility index (Phi) is 5.29. The van der Waals surface area contributed by atoms with Crippen molar-refractivity contribution in [1.82, 2.24) is 9.97 Å². The number of rotatable bonds is 5. The highest BCUT2D eigenvalue weighted by molar-refractivity contribution is 6.29. The number of nitrogens with zero attached hydrogens (tertiary/aromatic N) is 2. The minimum Gasteiger partial charge on any atom is -0.496 e. The zero-order valence-corrected chi connectivity index (χ0v) is 14.4. The highest BCUT2D eigenvalue weighted by atomic mass is 35.5. The van der Waals surface area contributed by atoms with Crippen LogP contribution in [0.2, 0.25) is 5.15 Å². The Balaban J connectivity index is 2.00. The molecule has 2 N–H and O–H groups in total. The number of methoxy groups -OCH3 is 1. The Morgan fingerprint density at radius 1 is 1.12 bits per heavy atom. The minimum atomic E-state index is -0.587. The van der Waals surface area contributed by atoms with Crippen LogP contribution in [0.25, 0.3) is 11.1 Å². The second-order valence-corrected chi connectivity index (χ2v) is 5.75. The SMILES string of the molecule is COc1cc(F)ccc1-c1cc(Nc2cc(CO)cc(Cl)n2)ncc1F. The van der Waals surface area contributed by atoms with Gasteiger partial charge in [-0.15, -0.1) is 0 Å². The van der Waals surface area contributed by atoms with Crippen molar-refractivity contribution in [3.8, 4) is 16.9 Å². The lowest BCUT2D eigenvalue weighted by atomic mass is 10.0. The molecule has 0 radical (unpaired) electrons. The van der Waals surface area contributed by atoms with Gasteiger partial charge in [-0.05, 0) is 35.9 Å². The van der Waals surface area contributed by atoms with E-state index in [2.05, 4.69) is 15.3 Å². The molecule has 0 saturated carbocycles. The molecule has 0 amide bonds. The van der Waals surface area contributed by atoms with Gasteiger partial charge in [0.2, 0.25) is 0 Å². The van der Waals surface area contributed by atoms with Gasteiger partial charge >= 0.3 is 0 Å². The molecule has 0 fully saturated rings. The standard InChI is InChI=1S/C18H14ClF2N3O2/c1-26-15-6-11(20)2-3-12(15)13-7-17(22-8-14(13)21)24-18-5-10(9-25)4-16(19)23-18/h2-8,25H,9H2,1H3,(H,22,23,24). The molecule has 3 rings (SSSR count). The third-order valence-corrected chi connectivity index (χ3v) is 3.80. The lowest BCUT2D eigenvalue weighted by molar-refractivity contribution is 0.282. The number of pyridine rings is 2. The molecule has 5 nitrogen and oxygen atoms in total. The van der Waals surface area contributed by atoms with E-state index in [0.29, 0.717) is 22.8 Å². The molecule has 2 aromatic heterocycles. The largest absolute Gasteiger partial charge is 0.496 e. The maximum atomic E-state index is 14.3. The third kappa shape index (κ3) is 3.89. The lowest BCUT2D eigenvalue weighted by Crippen LogP contribution is -2.00. The number of aromatic nitrogens is 2. The number of hydrogen-bond acceptors (Lipinski definition) is 5. The van der Waals surface area contributed by atoms with Gasteiger partial charge in [0.1, 0.15) is 34.2 Å². The summed E-state index contributed by atoms with van der Waals surface area (Å²) in [5.41, 5.74) is 1.13. The number of ether oxygens (including phenoxy) is 1. The van der Waals surface area contributed by atoms with E-state index in [1.54, 1.807) is 6.07 Å². The van der Waals surface area contributed by atoms with E-state index in [-0.39, 0.29) is 23.1 Å². The van der Waals surface area contributed by atoms with Crippen LogP contribution in [0.5, 0.6) is 5.75 Å². The van der Waals surface area contributed by atoms with E-state index in [4.69, 9.17) is 16.3 Å². The summed E-state index contributed by atoms with van der Waals surface area (Å²) in [6.45, 7) is -0.203. The summed E-state index contributed by atoms with van der Waals surface area (Å²) >= 11 is 5.91. The zero-order valence-electron chi connectivity index (χ0n) is 13.6. The van der Waals surface area contributed by atoms with Crippen LogP contribution in [-0.4, -0.2) is 22.2 Å². The van der Waals surface area contributed by atoms with Crippen molar-refractivity contribution in [3.63, 3.8) is 0 Å². The number of benzene rings is 1. The van der Waals surface area contributed by atoms with Crippen molar-refractivity contribution in [2.75, 3.05) is 12.4 Å². The van der Waals surface area contributed by atoms with Gasteiger partial charge in [0.25, 0.3) is 0 Å². The monoisotopic (exact) mass is 377 g/mol. The molecule has 0 aliphatic rings. The van der Waals surface area contributed by atoms with Crippen LogP contribution < -0.4 is 10.1 Å². The fourth-order valence-electron chi connectivity index (χ4n) is 2.44. The number of halogens is 3. The Hall–Kier alpha value is -2.77. The van der Waals surface area contributed by atoms with Gasteiger partial charge in [0, 0.05) is 17.2 Å². The maximum Gasteiger partial charge on any atom is 0.149 e. The van der Waals surface area contributed by atoms with E-state index in [1.165, 1.54) is 37.4 Å². The normalized spacial score (nSPS) is 10.7. The van der Waals surface area contributed by atoms with Crippen molar-refractivity contribution in [3.05, 3.63) is 64.9 Å². The first-order valence-corrected chi connectivity index (χ1v) is 7.91. The van der Waals surface area contributed by atoms with Crippen LogP contribution in [0.1, 0.15) is 5.56 Å². The first kappa shape index (κ1) is 18.0. The number of aliphatic hydroxyl groups is 1. The minimum absolute atomic E-state index is 0.184. The molecule has 2 heterocycles. The molecule has 0 spiro atoms. The fourth-order valence-corrected chi connectivity index (χ4v) is 2.67. The van der Waals surface area contributed by atoms with E-state index in [1.807, 2.05) is 0 Å². The second kappa shape index (κ2) is 7.63. The Morgan fingerprint density at radius 2 is 1.92 bits per heavy atom. The summed E-state index contributed by atoms with van der Waals surface area (Å²) in [6, 6.07) is 8.39. The average molecular weight is 378 g/mol. The molecule has 134 valence electrons. The Morgan fingerprint density at radius 3 is 2.65 bits per heavy atom. The number of nitrogens with one attached hydrogen (secondary N) is 1. The fraction of sp³-hybridized carbons (Fsp3) is 0.111. The molecule has 8 heteroatoms. The molecule has 0 saturated heterocycles. The Labute approximate surface area is 153 Å². The molecule has 3 aromatic rings. The summed E-state index contributed by atoms with van der Waals surface area (Å²) in [5.74, 6) is -0.234. The van der Waals surface area contributed by atoms with Crippen LogP contribution in [0, 0.1) is 11.6 Å². The predicted molar refractivity (Wildman–Crippen MR) is 94.6 cm³/mol. The van der Waals surface area contributed by atoms with E-state index in [9.17, 15) is 13.9 Å². The van der Waals surface area contributed by atoms with Crippen LogP contribution in [0.3, 0.4) is 0 Å². The van der Waals surface area contributed by atoms with Crippen LogP contribution in [0.4, 0.5) is 20.4 Å². The number of anilines is 2. The van der Waals surface area contributed by atoms with E-state index < -0.39 is 11.6 Å². The molecule has 0 aliphatic carbocycles. The van der Waals surface area contributed by atoms with Crippen LogP contribution in [0.15, 0.2) is 42.6 Å². The van der Waals surface area contributed by atoms with E-state index >= 15 is 0 Å². The van der Waals surface area contributed by atoms with Gasteiger partial charge in [-0.1, -0.05) is 11.6 Å². The summed E-state index contributed by atoms with van der Waals surface area (Å²) in [6.07, 6.45) is 1.04. The molecule has 26 heavy (non-hydrogen) atoms. The summed E-state index contributed by atoms with van der Waals surface area (Å²) in [7, 11) is 1.38. The molecule has 0 atom stereocenters. The van der Waals surface area contributed by atoms with Crippen LogP contribution >= 0.6 is 11.6 Å². The topological polar surface area (TPSA) is 67.3 Å². The first-order valence-electron chi connectivity index (χ1n) is 7.54. The smallest absolute Gasteiger partial charge is 0.149 e. The second-order valence-electron chi connectivity index (χ2n) is 5.36. The molecular formula is C18H14ClF2N3O2. The van der Waals surface area contributed by atoms with Gasteiger partial charge < -0.3 is 15.2 Å². The zero-order chi connectivity index (χ0) is 18.7. The van der Waals surface area contributed by atoms with Gasteiger partial charge in [0.05, 0.1) is 19.9 Å². The quantitative estimate of drug-likeness (QED) is 0.648. The molecule has 0 aliphatic heterocycles. The maximum absolute atomic E-state index is 14.3. The van der Waals surface area contributed by atoms with Crippen molar-refractivity contribution >= 4 is 23.2 Å². The molecular weight excluding hydrogens is 364 g/mol. The summed E-state index contributed by atoms with van der Waals surface area (Å²) < 4.78 is 32.8. The number of hydrogen-bond donors (Lipinski definition) is 2. The van der Waals surface area contributed by atoms with Crippen LogP contribution in [-0.2, 0) is 6.61 Å². The average Bonchev–Trinajstić information content (AvgIpc) is 2.63. The molecule has 0 unspecified atom stereocenters. The first-order chi connectivity index (χ1) is 12.5. The van der Waals surface area contributed by atoms with Gasteiger partial charge in [-0.2, -0.15) is 0 Å². The summed E-state index contributed by atoms with van der Waals surface area (Å²) in [4.78, 5) is 8.05. The number of aliphatic hydroxyl groups excluding tert-OH is 1. The van der Waals surface area contributed by atoms with Gasteiger partial charge in [0.15, 0.2) is 0 Å². The van der Waals surface area contributed by atoms with Gasteiger partial charge in [-0.25, -0.2) is 18.7 Å². The predicted octanol–water partition coefficient (Wildman–Crippen LogP) is 4.32. The lowest BCUT2D eigenvalue weighted by Gasteiger charge is -2.12. The van der Waals surface area contributed by atoms with Gasteiger partial charge in [-0.3, -0.25) is 0 Å². The molecule has 1 aromatic carbocycles. The van der Waals surface area contributed by atoms with Crippen molar-refractivity contribution in [1.29, 1.82) is 0 Å². The highest BCUT2D eigenvalue weighted by Gasteiger charge is 2.14. The molecule has 0 bridgehead atoms.